The fourth-order valence-electron chi connectivity index (χ4n) is 1.92. The van der Waals surface area contributed by atoms with Gasteiger partial charge in [-0.05, 0) is 18.1 Å². The van der Waals surface area contributed by atoms with E-state index in [0.29, 0.717) is 13.0 Å². The number of ether oxygens (including phenoxy) is 1. The Labute approximate surface area is 126 Å². The van der Waals surface area contributed by atoms with Crippen LogP contribution in [0.3, 0.4) is 0 Å². The number of methoxy groups -OCH3 is 1. The van der Waals surface area contributed by atoms with E-state index in [0.717, 1.165) is 11.3 Å². The van der Waals surface area contributed by atoms with Gasteiger partial charge in [-0.3, -0.25) is 4.79 Å². The number of carbonyl (C=O) groups is 2. The van der Waals surface area contributed by atoms with Gasteiger partial charge in [-0.1, -0.05) is 23.4 Å². The lowest BCUT2D eigenvalue weighted by molar-refractivity contribution is -0.121. The number of rotatable bonds is 7. The molecule has 0 atom stereocenters. The first-order valence-corrected chi connectivity index (χ1v) is 6.62. The molecule has 0 unspecified atom stereocenters. The minimum absolute atomic E-state index is 0.0772. The van der Waals surface area contributed by atoms with Crippen molar-refractivity contribution in [3.63, 3.8) is 0 Å². The van der Waals surface area contributed by atoms with Gasteiger partial charge >= 0.3 is 5.97 Å². The van der Waals surface area contributed by atoms with Crippen molar-refractivity contribution >= 4 is 11.9 Å². The average Bonchev–Trinajstić information content (AvgIpc) is 2.96. The molecule has 8 heteroatoms. The monoisotopic (exact) mass is 304 g/mol. The quantitative estimate of drug-likeness (QED) is 0.764. The first kappa shape index (κ1) is 15.5. The lowest BCUT2D eigenvalue weighted by Crippen LogP contribution is -2.29. The molecule has 2 aromatic rings. The molecular formula is C14H16N4O4. The highest BCUT2D eigenvalue weighted by Crippen LogP contribution is 2.17. The van der Waals surface area contributed by atoms with Crippen molar-refractivity contribution < 1.29 is 19.4 Å². The number of hydrogen-bond acceptors (Lipinski definition) is 5. The van der Waals surface area contributed by atoms with Crippen molar-refractivity contribution in [1.29, 1.82) is 0 Å². The number of aromatic carboxylic acids is 1. The number of nitrogens with one attached hydrogen (secondary N) is 1. The van der Waals surface area contributed by atoms with Gasteiger partial charge in [-0.2, -0.15) is 0 Å². The second-order valence-corrected chi connectivity index (χ2v) is 4.52. The minimum atomic E-state index is -1.18. The Hall–Kier alpha value is -2.90. The average molecular weight is 304 g/mol. The van der Waals surface area contributed by atoms with Crippen LogP contribution in [-0.4, -0.2) is 45.6 Å². The lowest BCUT2D eigenvalue weighted by Gasteiger charge is -2.09. The highest BCUT2D eigenvalue weighted by atomic mass is 16.5. The van der Waals surface area contributed by atoms with Crippen LogP contribution in [0.1, 0.15) is 16.1 Å². The van der Waals surface area contributed by atoms with E-state index in [1.807, 2.05) is 24.3 Å². The third-order valence-electron chi connectivity index (χ3n) is 2.97. The van der Waals surface area contributed by atoms with Gasteiger partial charge in [-0.15, -0.1) is 5.10 Å². The van der Waals surface area contributed by atoms with Crippen molar-refractivity contribution in [2.24, 2.45) is 0 Å². The minimum Gasteiger partial charge on any atom is -0.496 e. The normalized spacial score (nSPS) is 10.2. The van der Waals surface area contributed by atoms with E-state index in [2.05, 4.69) is 15.6 Å². The third kappa shape index (κ3) is 4.05. The van der Waals surface area contributed by atoms with Crippen LogP contribution in [0.5, 0.6) is 5.75 Å². The van der Waals surface area contributed by atoms with Gasteiger partial charge in [0.15, 0.2) is 5.69 Å². The molecule has 0 fully saturated rings. The molecule has 0 saturated carbocycles. The van der Waals surface area contributed by atoms with Crippen LogP contribution in [0, 0.1) is 0 Å². The van der Waals surface area contributed by atoms with E-state index < -0.39 is 5.97 Å². The predicted molar refractivity (Wildman–Crippen MR) is 76.7 cm³/mol. The first-order valence-electron chi connectivity index (χ1n) is 6.62. The van der Waals surface area contributed by atoms with E-state index in [1.54, 1.807) is 7.11 Å². The first-order chi connectivity index (χ1) is 10.6. The maximum Gasteiger partial charge on any atom is 0.358 e. The summed E-state index contributed by atoms with van der Waals surface area (Å²) in [5.41, 5.74) is 0.807. The molecule has 0 spiro atoms. The van der Waals surface area contributed by atoms with E-state index in [1.165, 1.54) is 10.9 Å². The standard InChI is InChI=1S/C14H16N4O4/c1-22-12-5-3-2-4-10(12)6-7-15-13(19)9-18-8-11(14(20)21)16-17-18/h2-5,8H,6-7,9H2,1H3,(H,15,19)(H,20,21). The predicted octanol–water partition coefficient (Wildman–Crippen LogP) is 0.344. The zero-order chi connectivity index (χ0) is 15.9. The van der Waals surface area contributed by atoms with Gasteiger partial charge in [0.25, 0.3) is 0 Å². The van der Waals surface area contributed by atoms with Crippen molar-refractivity contribution in [2.45, 2.75) is 13.0 Å². The summed E-state index contributed by atoms with van der Waals surface area (Å²) in [5, 5.41) is 18.5. The van der Waals surface area contributed by atoms with Crippen LogP contribution in [-0.2, 0) is 17.8 Å². The number of aromatic nitrogens is 3. The van der Waals surface area contributed by atoms with Gasteiger partial charge in [0, 0.05) is 6.54 Å². The van der Waals surface area contributed by atoms with Gasteiger partial charge < -0.3 is 15.2 Å². The molecule has 1 amide bonds. The highest BCUT2D eigenvalue weighted by Gasteiger charge is 2.10. The molecule has 1 aromatic heterocycles. The molecule has 0 saturated heterocycles. The third-order valence-corrected chi connectivity index (χ3v) is 2.97. The van der Waals surface area contributed by atoms with Crippen molar-refractivity contribution in [3.05, 3.63) is 41.7 Å². The summed E-state index contributed by atoms with van der Waals surface area (Å²) in [6, 6.07) is 7.58. The number of benzene rings is 1. The molecular weight excluding hydrogens is 288 g/mol. The number of carboxylic acids is 1. The molecule has 0 radical (unpaired) electrons. The zero-order valence-electron chi connectivity index (χ0n) is 12.0. The van der Waals surface area contributed by atoms with Gasteiger partial charge in [0.05, 0.1) is 13.3 Å². The number of hydrogen-bond donors (Lipinski definition) is 2. The molecule has 0 aliphatic rings. The molecule has 2 rings (SSSR count). The largest absolute Gasteiger partial charge is 0.496 e. The summed E-state index contributed by atoms with van der Waals surface area (Å²) in [7, 11) is 1.60. The lowest BCUT2D eigenvalue weighted by atomic mass is 10.1. The van der Waals surface area contributed by atoms with Gasteiger partial charge in [0.2, 0.25) is 5.91 Å². The maximum atomic E-state index is 11.8. The summed E-state index contributed by atoms with van der Waals surface area (Å²) >= 11 is 0. The van der Waals surface area contributed by atoms with Crippen LogP contribution < -0.4 is 10.1 Å². The number of nitrogens with zero attached hydrogens (tertiary/aromatic N) is 3. The zero-order valence-corrected chi connectivity index (χ0v) is 12.0. The fourth-order valence-corrected chi connectivity index (χ4v) is 1.92. The molecule has 0 aliphatic heterocycles. The van der Waals surface area contributed by atoms with Crippen LogP contribution in [0.4, 0.5) is 0 Å². The second-order valence-electron chi connectivity index (χ2n) is 4.52. The number of carboxylic acid groups (broad SMARTS) is 1. The van der Waals surface area contributed by atoms with Crippen LogP contribution in [0.2, 0.25) is 0 Å². The Morgan fingerprint density at radius 1 is 1.36 bits per heavy atom. The van der Waals surface area contributed by atoms with E-state index in [9.17, 15) is 9.59 Å². The maximum absolute atomic E-state index is 11.8. The molecule has 1 aromatic carbocycles. The smallest absolute Gasteiger partial charge is 0.358 e. The molecule has 1 heterocycles. The Kier molecular flexibility index (Phi) is 5.07. The Balaban J connectivity index is 1.81. The Morgan fingerprint density at radius 2 is 2.14 bits per heavy atom. The highest BCUT2D eigenvalue weighted by molar-refractivity contribution is 5.84. The van der Waals surface area contributed by atoms with E-state index in [-0.39, 0.29) is 18.1 Å². The van der Waals surface area contributed by atoms with Crippen molar-refractivity contribution in [2.75, 3.05) is 13.7 Å². The summed E-state index contributed by atoms with van der Waals surface area (Å²) in [6.07, 6.45) is 1.84. The Morgan fingerprint density at radius 3 is 2.82 bits per heavy atom. The topological polar surface area (TPSA) is 106 Å². The Bertz CT molecular complexity index is 668. The van der Waals surface area contributed by atoms with Gasteiger partial charge in [0.1, 0.15) is 12.3 Å². The van der Waals surface area contributed by atoms with Crippen LogP contribution in [0.15, 0.2) is 30.5 Å². The molecule has 2 N–H and O–H groups in total. The summed E-state index contributed by atoms with van der Waals surface area (Å²) in [4.78, 5) is 22.4. The van der Waals surface area contributed by atoms with Crippen LogP contribution in [0.25, 0.3) is 0 Å². The van der Waals surface area contributed by atoms with Crippen molar-refractivity contribution in [3.8, 4) is 5.75 Å². The van der Waals surface area contributed by atoms with Gasteiger partial charge in [-0.25, -0.2) is 9.48 Å². The summed E-state index contributed by atoms with van der Waals surface area (Å²) in [6.45, 7) is 0.367. The molecule has 0 aliphatic carbocycles. The molecule has 116 valence electrons. The SMILES string of the molecule is COc1ccccc1CCNC(=O)Cn1cc(C(=O)O)nn1. The summed E-state index contributed by atoms with van der Waals surface area (Å²) in [5.74, 6) is -0.668. The second kappa shape index (κ2) is 7.21. The molecule has 0 bridgehead atoms. The molecule has 22 heavy (non-hydrogen) atoms. The number of carbonyl (C=O) groups excluding carboxylic acids is 1. The van der Waals surface area contributed by atoms with Crippen molar-refractivity contribution in [1.82, 2.24) is 20.3 Å². The van der Waals surface area contributed by atoms with Crippen LogP contribution >= 0.6 is 0 Å². The number of amides is 1. The molecule has 8 nitrogen and oxygen atoms in total. The number of para-hydroxylation sites is 1. The van der Waals surface area contributed by atoms with E-state index >= 15 is 0 Å². The fraction of sp³-hybridized carbons (Fsp3) is 0.286. The van der Waals surface area contributed by atoms with E-state index in [4.69, 9.17) is 9.84 Å². The summed E-state index contributed by atoms with van der Waals surface area (Å²) < 4.78 is 6.42.